The van der Waals surface area contributed by atoms with E-state index in [9.17, 15) is 9.59 Å². The number of amides is 1. The average Bonchev–Trinajstić information content (AvgIpc) is 2.08. The first kappa shape index (κ1) is 9.18. The van der Waals surface area contributed by atoms with Gasteiger partial charge in [0.1, 0.15) is 0 Å². The first-order valence-corrected chi connectivity index (χ1v) is 3.57. The van der Waals surface area contributed by atoms with E-state index in [0.29, 0.717) is 5.56 Å². The van der Waals surface area contributed by atoms with Gasteiger partial charge in [0.2, 0.25) is 5.91 Å². The van der Waals surface area contributed by atoms with Crippen molar-refractivity contribution in [2.24, 2.45) is 5.73 Å². The largest absolute Gasteiger partial charge is 0.366 e. The summed E-state index contributed by atoms with van der Waals surface area (Å²) in [6.45, 7) is 4.99. The number of primary amides is 1. The summed E-state index contributed by atoms with van der Waals surface area (Å²) < 4.78 is 0. The fraction of sp³-hybridized carbons (Fsp3) is 0.125. The van der Waals surface area contributed by atoms with E-state index >= 15 is 0 Å². The number of hydrogen-bond donors (Lipinski definition) is 2. The van der Waals surface area contributed by atoms with E-state index in [0.717, 1.165) is 0 Å². The number of carbonyl (C=O) groups excluding carboxylic acids is 1. The monoisotopic (exact) mass is 179 g/mol. The summed E-state index contributed by atoms with van der Waals surface area (Å²) in [5.41, 5.74) is 5.33. The summed E-state index contributed by atoms with van der Waals surface area (Å²) in [6.07, 6.45) is 1.21. The van der Waals surface area contributed by atoms with Crippen LogP contribution in [0.1, 0.15) is 11.3 Å². The highest BCUT2D eigenvalue weighted by atomic mass is 16.1. The summed E-state index contributed by atoms with van der Waals surface area (Å²) in [5, 5.41) is 0. The van der Waals surface area contributed by atoms with Gasteiger partial charge >= 0.3 is 0 Å². The third-order valence-corrected chi connectivity index (χ3v) is 1.67. The molecule has 68 valence electrons. The molecule has 0 aliphatic heterocycles. The number of hydrogen-bond acceptors (Lipinski definition) is 3. The maximum absolute atomic E-state index is 11.1. The predicted molar refractivity (Wildman–Crippen MR) is 47.8 cm³/mol. The molecule has 0 spiro atoms. The standard InChI is InChI=1S/C8H9N3O2/c1-4(7(9)12)6-5(2)8(13)11-3-10-6/h3H,1H2,2H3,(H2,9,12)(H,10,11,13). The Morgan fingerprint density at radius 1 is 1.69 bits per heavy atom. The van der Waals surface area contributed by atoms with Crippen molar-refractivity contribution in [3.05, 3.63) is 34.5 Å². The van der Waals surface area contributed by atoms with Crippen molar-refractivity contribution in [3.8, 4) is 0 Å². The van der Waals surface area contributed by atoms with Gasteiger partial charge in [0, 0.05) is 5.56 Å². The van der Waals surface area contributed by atoms with Crippen LogP contribution in [0.2, 0.25) is 0 Å². The number of aromatic amines is 1. The molecule has 1 amide bonds. The molecule has 5 nitrogen and oxygen atoms in total. The molecule has 0 fully saturated rings. The third kappa shape index (κ3) is 1.64. The Labute approximate surface area is 74.3 Å². The molecule has 0 saturated heterocycles. The minimum absolute atomic E-state index is 0.0450. The Morgan fingerprint density at radius 2 is 2.31 bits per heavy atom. The van der Waals surface area contributed by atoms with E-state index < -0.39 is 5.91 Å². The van der Waals surface area contributed by atoms with Gasteiger partial charge < -0.3 is 10.7 Å². The zero-order valence-corrected chi connectivity index (χ0v) is 7.13. The van der Waals surface area contributed by atoms with Crippen LogP contribution in [0.25, 0.3) is 5.57 Å². The van der Waals surface area contributed by atoms with Crippen molar-refractivity contribution in [1.82, 2.24) is 9.97 Å². The lowest BCUT2D eigenvalue weighted by atomic mass is 10.1. The Balaban J connectivity index is 3.31. The van der Waals surface area contributed by atoms with Gasteiger partial charge in [-0.15, -0.1) is 0 Å². The van der Waals surface area contributed by atoms with E-state index in [1.54, 1.807) is 6.92 Å². The van der Waals surface area contributed by atoms with E-state index in [4.69, 9.17) is 5.73 Å². The Morgan fingerprint density at radius 3 is 2.85 bits per heavy atom. The van der Waals surface area contributed by atoms with Crippen LogP contribution in [0, 0.1) is 6.92 Å². The van der Waals surface area contributed by atoms with Crippen molar-refractivity contribution >= 4 is 11.5 Å². The molecule has 0 saturated carbocycles. The minimum Gasteiger partial charge on any atom is -0.366 e. The molecule has 5 heteroatoms. The number of nitrogens with two attached hydrogens (primary N) is 1. The van der Waals surface area contributed by atoms with Crippen LogP contribution in [-0.2, 0) is 4.79 Å². The number of nitrogens with one attached hydrogen (secondary N) is 1. The van der Waals surface area contributed by atoms with Crippen LogP contribution >= 0.6 is 0 Å². The molecule has 0 bridgehead atoms. The molecule has 0 unspecified atom stereocenters. The van der Waals surface area contributed by atoms with E-state index in [1.807, 2.05) is 0 Å². The first-order chi connectivity index (χ1) is 6.04. The normalized spacial score (nSPS) is 9.62. The summed E-state index contributed by atoms with van der Waals surface area (Å²) in [5.74, 6) is -0.679. The molecule has 1 aromatic rings. The highest BCUT2D eigenvalue weighted by molar-refractivity contribution is 6.17. The lowest BCUT2D eigenvalue weighted by molar-refractivity contribution is -0.112. The number of aromatic nitrogens is 2. The van der Waals surface area contributed by atoms with Gasteiger partial charge in [-0.3, -0.25) is 9.59 Å². The van der Waals surface area contributed by atoms with Crippen LogP contribution in [0.5, 0.6) is 0 Å². The maximum atomic E-state index is 11.1. The molecular weight excluding hydrogens is 170 g/mol. The SMILES string of the molecule is C=C(C(N)=O)c1nc[nH]c(=O)c1C. The van der Waals surface area contributed by atoms with Crippen LogP contribution < -0.4 is 11.3 Å². The molecule has 3 N–H and O–H groups in total. The highest BCUT2D eigenvalue weighted by Gasteiger charge is 2.11. The van der Waals surface area contributed by atoms with Crippen molar-refractivity contribution in [3.63, 3.8) is 0 Å². The topological polar surface area (TPSA) is 88.8 Å². The Kier molecular flexibility index (Phi) is 2.27. The van der Waals surface area contributed by atoms with Gasteiger partial charge in [0.15, 0.2) is 0 Å². The number of H-pyrrole nitrogens is 1. The molecule has 0 aromatic carbocycles. The van der Waals surface area contributed by atoms with Crippen molar-refractivity contribution in [2.45, 2.75) is 6.92 Å². The zero-order chi connectivity index (χ0) is 10.0. The number of nitrogens with zero attached hydrogens (tertiary/aromatic N) is 1. The van der Waals surface area contributed by atoms with Gasteiger partial charge in [-0.25, -0.2) is 4.98 Å². The number of rotatable bonds is 2. The van der Waals surface area contributed by atoms with Gasteiger partial charge in [-0.2, -0.15) is 0 Å². The highest BCUT2D eigenvalue weighted by Crippen LogP contribution is 2.08. The van der Waals surface area contributed by atoms with E-state index in [2.05, 4.69) is 16.5 Å². The molecule has 0 atom stereocenters. The first-order valence-electron chi connectivity index (χ1n) is 3.57. The molecule has 0 aliphatic rings. The maximum Gasteiger partial charge on any atom is 0.254 e. The van der Waals surface area contributed by atoms with E-state index in [1.165, 1.54) is 6.33 Å². The third-order valence-electron chi connectivity index (χ3n) is 1.67. The van der Waals surface area contributed by atoms with Crippen molar-refractivity contribution < 1.29 is 4.79 Å². The van der Waals surface area contributed by atoms with Crippen molar-refractivity contribution in [1.29, 1.82) is 0 Å². The summed E-state index contributed by atoms with van der Waals surface area (Å²) in [6, 6.07) is 0. The summed E-state index contributed by atoms with van der Waals surface area (Å²) in [4.78, 5) is 28.0. The molecular formula is C8H9N3O2. The fourth-order valence-corrected chi connectivity index (χ4v) is 0.889. The molecule has 1 aromatic heterocycles. The quantitative estimate of drug-likeness (QED) is 0.604. The molecule has 1 heterocycles. The van der Waals surface area contributed by atoms with Crippen LogP contribution in [0.3, 0.4) is 0 Å². The van der Waals surface area contributed by atoms with Gasteiger partial charge in [-0.05, 0) is 6.92 Å². The lowest BCUT2D eigenvalue weighted by Gasteiger charge is -2.02. The Bertz CT molecular complexity index is 420. The summed E-state index contributed by atoms with van der Waals surface area (Å²) >= 11 is 0. The van der Waals surface area contributed by atoms with Crippen LogP contribution in [0.15, 0.2) is 17.7 Å². The van der Waals surface area contributed by atoms with Gasteiger partial charge in [0.25, 0.3) is 5.56 Å². The van der Waals surface area contributed by atoms with Crippen LogP contribution in [-0.4, -0.2) is 15.9 Å². The predicted octanol–water partition coefficient (Wildman–Crippen LogP) is -0.423. The van der Waals surface area contributed by atoms with Gasteiger partial charge in [0.05, 0.1) is 17.6 Å². The molecule has 1 rings (SSSR count). The van der Waals surface area contributed by atoms with Crippen LogP contribution in [0.4, 0.5) is 0 Å². The van der Waals surface area contributed by atoms with Gasteiger partial charge in [-0.1, -0.05) is 6.58 Å². The second kappa shape index (κ2) is 3.22. The Hall–Kier alpha value is -1.91. The smallest absolute Gasteiger partial charge is 0.254 e. The number of carbonyl (C=O) groups is 1. The molecule has 0 radical (unpaired) electrons. The fourth-order valence-electron chi connectivity index (χ4n) is 0.889. The van der Waals surface area contributed by atoms with E-state index in [-0.39, 0.29) is 16.8 Å². The van der Waals surface area contributed by atoms with Crippen molar-refractivity contribution in [2.75, 3.05) is 0 Å². The molecule has 13 heavy (non-hydrogen) atoms. The molecule has 0 aliphatic carbocycles. The zero-order valence-electron chi connectivity index (χ0n) is 7.13. The average molecular weight is 179 g/mol. The minimum atomic E-state index is -0.679. The summed E-state index contributed by atoms with van der Waals surface area (Å²) in [7, 11) is 0. The lowest BCUT2D eigenvalue weighted by Crippen LogP contribution is -2.18. The second-order valence-corrected chi connectivity index (χ2v) is 2.55. The second-order valence-electron chi connectivity index (χ2n) is 2.55.